The summed E-state index contributed by atoms with van der Waals surface area (Å²) in [7, 11) is 1.68. The van der Waals surface area contributed by atoms with Crippen molar-refractivity contribution in [2.45, 2.75) is 25.6 Å². The Balaban J connectivity index is 0.000000516. The molecule has 1 aliphatic heterocycles. The monoisotopic (exact) mass is 394 g/mol. The smallest absolute Gasteiger partial charge is 0.431 e. The number of alkyl halides is 3. The lowest BCUT2D eigenvalue weighted by molar-refractivity contribution is -0.140. The van der Waals surface area contributed by atoms with Gasteiger partial charge in [-0.3, -0.25) is 0 Å². The Kier molecular flexibility index (Phi) is 6.03. The molecular formula is C19H21F3N4O2. The third-order valence-electron chi connectivity index (χ3n) is 4.29. The number of halogens is 3. The molecule has 0 saturated carbocycles. The Morgan fingerprint density at radius 3 is 2.75 bits per heavy atom. The molecule has 0 spiro atoms. The van der Waals surface area contributed by atoms with Crippen molar-refractivity contribution in [3.05, 3.63) is 47.9 Å². The second-order valence-corrected chi connectivity index (χ2v) is 6.11. The number of fused-ring (bicyclic) bond motifs is 2. The van der Waals surface area contributed by atoms with Crippen LogP contribution in [0.25, 0.3) is 11.0 Å². The minimum absolute atomic E-state index is 0.0858. The second kappa shape index (κ2) is 8.47. The number of aromatic nitrogens is 3. The first-order valence-corrected chi connectivity index (χ1v) is 8.82. The van der Waals surface area contributed by atoms with Gasteiger partial charge in [0.15, 0.2) is 0 Å². The number of hydrogen-bond donors (Lipinski definition) is 2. The number of para-hydroxylation sites is 1. The Labute approximate surface area is 160 Å². The van der Waals surface area contributed by atoms with E-state index in [1.165, 1.54) is 6.33 Å². The largest absolute Gasteiger partial charge is 0.493 e. The average Bonchev–Trinajstić information content (AvgIpc) is 3.14. The predicted octanol–water partition coefficient (Wildman–Crippen LogP) is 4.57. The zero-order valence-corrected chi connectivity index (χ0v) is 15.5. The Morgan fingerprint density at radius 2 is 2.04 bits per heavy atom. The lowest BCUT2D eigenvalue weighted by Crippen LogP contribution is -2.20. The molecule has 3 aromatic rings. The highest BCUT2D eigenvalue weighted by Crippen LogP contribution is 2.36. The molecule has 2 N–H and O–H groups in total. The van der Waals surface area contributed by atoms with E-state index in [2.05, 4.69) is 25.0 Å². The van der Waals surface area contributed by atoms with Crippen molar-refractivity contribution in [1.29, 1.82) is 0 Å². The van der Waals surface area contributed by atoms with E-state index in [0.29, 0.717) is 24.2 Å². The maximum Gasteiger partial charge on any atom is 0.431 e. The molecule has 2 aromatic heterocycles. The lowest BCUT2D eigenvalue weighted by atomic mass is 10.0. The molecule has 150 valence electrons. The van der Waals surface area contributed by atoms with E-state index < -0.39 is 11.9 Å². The zero-order valence-electron chi connectivity index (χ0n) is 15.5. The molecule has 0 amide bonds. The van der Waals surface area contributed by atoms with Gasteiger partial charge in [-0.1, -0.05) is 18.2 Å². The standard InChI is InChI=1S/C16H13F3N4O.C3H8O/c17-16(18,19)13-7-10-14(20-8-21-15(10)23-13)22-11-5-6-24-12-4-2-1-3-9(11)12;1-3-4-2/h1-4,7-8,11H,5-6H2,(H2,20,21,22,23);3H2,1-2H3. The Hall–Kier alpha value is -2.81. The van der Waals surface area contributed by atoms with Gasteiger partial charge in [0.1, 0.15) is 29.2 Å². The summed E-state index contributed by atoms with van der Waals surface area (Å²) in [6, 6.07) is 8.53. The Bertz CT molecular complexity index is 925. The number of rotatable bonds is 3. The highest BCUT2D eigenvalue weighted by Gasteiger charge is 2.33. The van der Waals surface area contributed by atoms with Crippen molar-refractivity contribution in [3.63, 3.8) is 0 Å². The maximum absolute atomic E-state index is 12.9. The van der Waals surface area contributed by atoms with Gasteiger partial charge in [-0.2, -0.15) is 13.2 Å². The molecule has 1 aromatic carbocycles. The highest BCUT2D eigenvalue weighted by molar-refractivity contribution is 5.88. The summed E-state index contributed by atoms with van der Waals surface area (Å²) in [5, 5.41) is 3.54. The molecule has 0 bridgehead atoms. The average molecular weight is 394 g/mol. The fourth-order valence-electron chi connectivity index (χ4n) is 2.86. The Morgan fingerprint density at radius 1 is 1.29 bits per heavy atom. The number of nitrogens with zero attached hydrogens (tertiary/aromatic N) is 2. The lowest BCUT2D eigenvalue weighted by Gasteiger charge is -2.27. The van der Waals surface area contributed by atoms with Crippen LogP contribution in [0.1, 0.15) is 30.6 Å². The number of methoxy groups -OCH3 is 1. The number of H-pyrrole nitrogens is 1. The van der Waals surface area contributed by atoms with Gasteiger partial charge in [-0.05, 0) is 19.1 Å². The first-order valence-electron chi connectivity index (χ1n) is 8.82. The molecule has 4 rings (SSSR count). The molecule has 28 heavy (non-hydrogen) atoms. The first kappa shape index (κ1) is 19.9. The number of aromatic amines is 1. The number of benzene rings is 1. The van der Waals surface area contributed by atoms with Crippen LogP contribution in [0, 0.1) is 0 Å². The van der Waals surface area contributed by atoms with Crippen molar-refractivity contribution in [3.8, 4) is 5.75 Å². The molecule has 1 atom stereocenters. The van der Waals surface area contributed by atoms with Gasteiger partial charge in [0.05, 0.1) is 18.0 Å². The minimum Gasteiger partial charge on any atom is -0.493 e. The van der Waals surface area contributed by atoms with Gasteiger partial charge in [0.2, 0.25) is 0 Å². The summed E-state index contributed by atoms with van der Waals surface area (Å²) in [4.78, 5) is 10.3. The van der Waals surface area contributed by atoms with Gasteiger partial charge in [-0.25, -0.2) is 9.97 Å². The van der Waals surface area contributed by atoms with Crippen LogP contribution in [-0.4, -0.2) is 35.3 Å². The van der Waals surface area contributed by atoms with Crippen molar-refractivity contribution in [2.24, 2.45) is 0 Å². The van der Waals surface area contributed by atoms with Crippen LogP contribution in [-0.2, 0) is 10.9 Å². The van der Waals surface area contributed by atoms with Gasteiger partial charge in [-0.15, -0.1) is 0 Å². The summed E-state index contributed by atoms with van der Waals surface area (Å²) in [5.74, 6) is 1.14. The van der Waals surface area contributed by atoms with Crippen molar-refractivity contribution < 1.29 is 22.6 Å². The molecule has 6 nitrogen and oxygen atoms in total. The van der Waals surface area contributed by atoms with E-state index in [-0.39, 0.29) is 11.7 Å². The van der Waals surface area contributed by atoms with E-state index in [0.717, 1.165) is 24.0 Å². The molecule has 9 heteroatoms. The van der Waals surface area contributed by atoms with E-state index in [1.54, 1.807) is 7.11 Å². The van der Waals surface area contributed by atoms with Gasteiger partial charge < -0.3 is 19.8 Å². The number of nitrogens with one attached hydrogen (secondary N) is 2. The van der Waals surface area contributed by atoms with E-state index in [4.69, 9.17) is 4.74 Å². The molecule has 3 heterocycles. The van der Waals surface area contributed by atoms with Crippen molar-refractivity contribution >= 4 is 16.9 Å². The molecule has 0 saturated heterocycles. The molecule has 0 fully saturated rings. The van der Waals surface area contributed by atoms with Crippen LogP contribution in [0.15, 0.2) is 36.7 Å². The number of anilines is 1. The molecular weight excluding hydrogens is 373 g/mol. The summed E-state index contributed by atoms with van der Waals surface area (Å²) in [6.45, 7) is 3.31. The van der Waals surface area contributed by atoms with Crippen LogP contribution in [0.3, 0.4) is 0 Å². The summed E-state index contributed by atoms with van der Waals surface area (Å²) in [5.41, 5.74) is 0.274. The van der Waals surface area contributed by atoms with Crippen LogP contribution in [0.2, 0.25) is 0 Å². The van der Waals surface area contributed by atoms with Crippen LogP contribution < -0.4 is 10.1 Å². The van der Waals surface area contributed by atoms with E-state index >= 15 is 0 Å². The van der Waals surface area contributed by atoms with Crippen LogP contribution >= 0.6 is 0 Å². The minimum atomic E-state index is -4.46. The van der Waals surface area contributed by atoms with Crippen LogP contribution in [0.4, 0.5) is 19.0 Å². The second-order valence-electron chi connectivity index (χ2n) is 6.11. The quantitative estimate of drug-likeness (QED) is 0.681. The topological polar surface area (TPSA) is 72.1 Å². The summed E-state index contributed by atoms with van der Waals surface area (Å²) < 4.78 is 48.8. The zero-order chi connectivity index (χ0) is 20.1. The van der Waals surface area contributed by atoms with Gasteiger partial charge in [0, 0.05) is 25.7 Å². The third kappa shape index (κ3) is 4.36. The maximum atomic E-state index is 12.9. The molecule has 1 unspecified atom stereocenters. The van der Waals surface area contributed by atoms with Crippen molar-refractivity contribution in [1.82, 2.24) is 15.0 Å². The normalized spacial score (nSPS) is 16.0. The first-order chi connectivity index (χ1) is 13.4. The molecule has 0 radical (unpaired) electrons. The van der Waals surface area contributed by atoms with Crippen molar-refractivity contribution in [2.75, 3.05) is 25.6 Å². The SMILES string of the molecule is CCOC.FC(F)(F)c1cc2c(NC3CCOc4ccccc43)ncnc2[nH]1. The van der Waals surface area contributed by atoms with E-state index in [9.17, 15) is 13.2 Å². The van der Waals surface area contributed by atoms with Crippen LogP contribution in [0.5, 0.6) is 5.75 Å². The predicted molar refractivity (Wildman–Crippen MR) is 99.4 cm³/mol. The fraction of sp³-hybridized carbons (Fsp3) is 0.368. The fourth-order valence-corrected chi connectivity index (χ4v) is 2.86. The molecule has 1 aliphatic rings. The number of hydrogen-bond acceptors (Lipinski definition) is 5. The number of ether oxygens (including phenoxy) is 2. The molecule has 0 aliphatic carbocycles. The summed E-state index contributed by atoms with van der Waals surface area (Å²) in [6.07, 6.45) is -2.52. The van der Waals surface area contributed by atoms with E-state index in [1.807, 2.05) is 31.2 Å². The third-order valence-corrected chi connectivity index (χ3v) is 4.29. The van der Waals surface area contributed by atoms with Gasteiger partial charge in [0.25, 0.3) is 0 Å². The summed E-state index contributed by atoms with van der Waals surface area (Å²) >= 11 is 0. The van der Waals surface area contributed by atoms with Gasteiger partial charge >= 0.3 is 6.18 Å². The highest BCUT2D eigenvalue weighted by atomic mass is 19.4.